The number of nitrogens with two attached hydrogens (primary N) is 1. The lowest BCUT2D eigenvalue weighted by Gasteiger charge is -1.98. The van der Waals surface area contributed by atoms with Gasteiger partial charge in [-0.25, -0.2) is 4.39 Å². The van der Waals surface area contributed by atoms with Crippen LogP contribution in [0.4, 0.5) is 4.39 Å². The van der Waals surface area contributed by atoms with E-state index >= 15 is 0 Å². The Balaban J connectivity index is 3.09. The first-order chi connectivity index (χ1) is 4.74. The Morgan fingerprint density at radius 3 is 2.70 bits per heavy atom. The molecule has 3 heteroatoms. The third kappa shape index (κ3) is 1.25. The van der Waals surface area contributed by atoms with E-state index in [0.29, 0.717) is 5.56 Å². The van der Waals surface area contributed by atoms with Crippen LogP contribution in [-0.4, -0.2) is 5.11 Å². The molecular weight excluding hydrogens is 133 g/mol. The van der Waals surface area contributed by atoms with Crippen molar-refractivity contribution in [3.05, 3.63) is 29.6 Å². The van der Waals surface area contributed by atoms with Gasteiger partial charge < -0.3 is 10.8 Å². The SMILES string of the molecule is NCc1cc(F)ccc1O. The summed E-state index contributed by atoms with van der Waals surface area (Å²) < 4.78 is 12.4. The molecule has 0 aliphatic rings. The molecule has 0 amide bonds. The minimum absolute atomic E-state index is 0.0453. The molecule has 0 aliphatic carbocycles. The molecule has 0 unspecified atom stereocenters. The van der Waals surface area contributed by atoms with Gasteiger partial charge in [0.25, 0.3) is 0 Å². The van der Waals surface area contributed by atoms with E-state index in [1.807, 2.05) is 0 Å². The monoisotopic (exact) mass is 141 g/mol. The molecule has 0 atom stereocenters. The summed E-state index contributed by atoms with van der Waals surface area (Å²) in [5, 5.41) is 8.99. The molecule has 0 aromatic heterocycles. The van der Waals surface area contributed by atoms with E-state index in [-0.39, 0.29) is 18.1 Å². The quantitative estimate of drug-likeness (QED) is 0.612. The Morgan fingerprint density at radius 2 is 2.20 bits per heavy atom. The van der Waals surface area contributed by atoms with E-state index in [4.69, 9.17) is 10.8 Å². The van der Waals surface area contributed by atoms with Crippen LogP contribution in [0.25, 0.3) is 0 Å². The van der Waals surface area contributed by atoms with Gasteiger partial charge >= 0.3 is 0 Å². The zero-order valence-corrected chi connectivity index (χ0v) is 5.34. The Labute approximate surface area is 58.1 Å². The van der Waals surface area contributed by atoms with Crippen LogP contribution in [0.15, 0.2) is 18.2 Å². The van der Waals surface area contributed by atoms with E-state index in [2.05, 4.69) is 0 Å². The molecule has 10 heavy (non-hydrogen) atoms. The summed E-state index contributed by atoms with van der Waals surface area (Å²) >= 11 is 0. The Hall–Kier alpha value is -1.09. The maximum Gasteiger partial charge on any atom is 0.123 e. The summed E-state index contributed by atoms with van der Waals surface area (Å²) in [7, 11) is 0. The second-order valence-electron chi connectivity index (χ2n) is 1.98. The molecule has 2 nitrogen and oxygen atoms in total. The van der Waals surface area contributed by atoms with Crippen LogP contribution < -0.4 is 5.73 Å². The fourth-order valence-corrected chi connectivity index (χ4v) is 0.718. The van der Waals surface area contributed by atoms with E-state index < -0.39 is 0 Å². The third-order valence-electron chi connectivity index (χ3n) is 1.26. The minimum atomic E-state index is -0.377. The number of aromatic hydroxyl groups is 1. The van der Waals surface area contributed by atoms with Crippen molar-refractivity contribution in [1.29, 1.82) is 0 Å². The smallest absolute Gasteiger partial charge is 0.123 e. The van der Waals surface area contributed by atoms with Gasteiger partial charge in [0.1, 0.15) is 11.6 Å². The van der Waals surface area contributed by atoms with Crippen molar-refractivity contribution in [2.24, 2.45) is 5.73 Å². The average molecular weight is 141 g/mol. The Bertz CT molecular complexity index is 237. The highest BCUT2D eigenvalue weighted by Crippen LogP contribution is 2.16. The van der Waals surface area contributed by atoms with E-state index in [1.165, 1.54) is 18.2 Å². The van der Waals surface area contributed by atoms with Gasteiger partial charge in [0.15, 0.2) is 0 Å². The predicted octanol–water partition coefficient (Wildman–Crippen LogP) is 0.990. The highest BCUT2D eigenvalue weighted by Gasteiger charge is 1.98. The number of halogens is 1. The summed E-state index contributed by atoms with van der Waals surface area (Å²) in [6.07, 6.45) is 0. The molecule has 0 saturated carbocycles. The van der Waals surface area contributed by atoms with Crippen molar-refractivity contribution in [2.45, 2.75) is 6.54 Å². The van der Waals surface area contributed by atoms with Gasteiger partial charge in [-0.1, -0.05) is 0 Å². The zero-order chi connectivity index (χ0) is 7.56. The van der Waals surface area contributed by atoms with Gasteiger partial charge in [-0.05, 0) is 18.2 Å². The largest absolute Gasteiger partial charge is 0.508 e. The first-order valence-electron chi connectivity index (χ1n) is 2.91. The standard InChI is InChI=1S/C7H8FNO/c8-6-1-2-7(10)5(3-6)4-9/h1-3,10H,4,9H2. The van der Waals surface area contributed by atoms with Gasteiger partial charge in [0.05, 0.1) is 0 Å². The van der Waals surface area contributed by atoms with Crippen molar-refractivity contribution < 1.29 is 9.50 Å². The van der Waals surface area contributed by atoms with Gasteiger partial charge in [0, 0.05) is 12.1 Å². The molecule has 0 radical (unpaired) electrons. The van der Waals surface area contributed by atoms with Crippen molar-refractivity contribution in [1.82, 2.24) is 0 Å². The fraction of sp³-hybridized carbons (Fsp3) is 0.143. The predicted molar refractivity (Wildman–Crippen MR) is 36.0 cm³/mol. The Morgan fingerprint density at radius 1 is 1.50 bits per heavy atom. The normalized spacial score (nSPS) is 9.80. The highest BCUT2D eigenvalue weighted by molar-refractivity contribution is 5.32. The lowest BCUT2D eigenvalue weighted by atomic mass is 10.2. The fourth-order valence-electron chi connectivity index (χ4n) is 0.718. The third-order valence-corrected chi connectivity index (χ3v) is 1.26. The first-order valence-corrected chi connectivity index (χ1v) is 2.91. The summed E-state index contributed by atoms with van der Waals surface area (Å²) in [4.78, 5) is 0. The van der Waals surface area contributed by atoms with Crippen molar-refractivity contribution in [2.75, 3.05) is 0 Å². The van der Waals surface area contributed by atoms with Crippen LogP contribution >= 0.6 is 0 Å². The number of benzene rings is 1. The van der Waals surface area contributed by atoms with Crippen LogP contribution in [0.1, 0.15) is 5.56 Å². The molecule has 54 valence electrons. The lowest BCUT2D eigenvalue weighted by molar-refractivity contribution is 0.465. The molecule has 3 N–H and O–H groups in total. The van der Waals surface area contributed by atoms with E-state index in [9.17, 15) is 4.39 Å². The van der Waals surface area contributed by atoms with Crippen LogP contribution in [0.2, 0.25) is 0 Å². The van der Waals surface area contributed by atoms with Crippen LogP contribution in [0, 0.1) is 5.82 Å². The maximum atomic E-state index is 12.4. The van der Waals surface area contributed by atoms with Gasteiger partial charge in [0.2, 0.25) is 0 Å². The van der Waals surface area contributed by atoms with Crippen LogP contribution in [-0.2, 0) is 6.54 Å². The number of phenolic OH excluding ortho intramolecular Hbond substituents is 1. The lowest BCUT2D eigenvalue weighted by Crippen LogP contribution is -1.96. The molecule has 0 fully saturated rings. The summed E-state index contributed by atoms with van der Waals surface area (Å²) in [5.41, 5.74) is 5.62. The molecule has 1 rings (SSSR count). The van der Waals surface area contributed by atoms with E-state index in [1.54, 1.807) is 0 Å². The van der Waals surface area contributed by atoms with Crippen LogP contribution in [0.3, 0.4) is 0 Å². The molecule has 1 aromatic carbocycles. The van der Waals surface area contributed by atoms with E-state index in [0.717, 1.165) is 0 Å². The number of hydrogen-bond donors (Lipinski definition) is 2. The average Bonchev–Trinajstić information content (AvgIpc) is 1.94. The maximum absolute atomic E-state index is 12.4. The number of hydrogen-bond acceptors (Lipinski definition) is 2. The topological polar surface area (TPSA) is 46.2 Å². The summed E-state index contributed by atoms with van der Waals surface area (Å²) in [6, 6.07) is 3.70. The molecule has 0 saturated heterocycles. The van der Waals surface area contributed by atoms with Crippen molar-refractivity contribution in [3.63, 3.8) is 0 Å². The Kier molecular flexibility index (Phi) is 1.87. The molecule has 0 heterocycles. The highest BCUT2D eigenvalue weighted by atomic mass is 19.1. The first kappa shape index (κ1) is 7.02. The second-order valence-corrected chi connectivity index (χ2v) is 1.98. The zero-order valence-electron chi connectivity index (χ0n) is 5.34. The molecule has 1 aromatic rings. The van der Waals surface area contributed by atoms with Gasteiger partial charge in [-0.2, -0.15) is 0 Å². The molecule has 0 bridgehead atoms. The minimum Gasteiger partial charge on any atom is -0.508 e. The molecule has 0 spiro atoms. The molecule has 0 aliphatic heterocycles. The summed E-state index contributed by atoms with van der Waals surface area (Å²) in [5.74, 6) is -0.331. The summed E-state index contributed by atoms with van der Waals surface area (Å²) in [6.45, 7) is 0.156. The number of rotatable bonds is 1. The number of phenols is 1. The second kappa shape index (κ2) is 2.66. The van der Waals surface area contributed by atoms with Gasteiger partial charge in [-0.3, -0.25) is 0 Å². The van der Waals surface area contributed by atoms with Crippen LogP contribution in [0.5, 0.6) is 5.75 Å². The van der Waals surface area contributed by atoms with Gasteiger partial charge in [-0.15, -0.1) is 0 Å². The van der Waals surface area contributed by atoms with Crippen molar-refractivity contribution in [3.8, 4) is 5.75 Å². The van der Waals surface area contributed by atoms with Crippen molar-refractivity contribution >= 4 is 0 Å². The molecular formula is C7H8FNO.